The van der Waals surface area contributed by atoms with Crippen molar-refractivity contribution in [2.45, 2.75) is 25.6 Å². The lowest BCUT2D eigenvalue weighted by Gasteiger charge is -2.52. The molecule has 2 aliphatic rings. The van der Waals surface area contributed by atoms with Gasteiger partial charge in [-0.05, 0) is 43.5 Å². The van der Waals surface area contributed by atoms with Gasteiger partial charge in [0.1, 0.15) is 5.82 Å². The second-order valence-corrected chi connectivity index (χ2v) is 6.20. The predicted molar refractivity (Wildman–Crippen MR) is 71.2 cm³/mol. The number of rotatable bonds is 2. The van der Waals surface area contributed by atoms with Crippen molar-refractivity contribution < 1.29 is 17.6 Å². The van der Waals surface area contributed by atoms with Crippen LogP contribution in [0.4, 0.5) is 17.6 Å². The van der Waals surface area contributed by atoms with E-state index < -0.39 is 17.6 Å². The summed E-state index contributed by atoms with van der Waals surface area (Å²) < 4.78 is 51.3. The molecule has 1 aromatic carbocycles. The molecule has 2 heterocycles. The van der Waals surface area contributed by atoms with Crippen LogP contribution in [-0.4, -0.2) is 31.1 Å². The average molecular weight is 302 g/mol. The molecule has 1 N–H and O–H groups in total. The molecule has 0 unspecified atom stereocenters. The summed E-state index contributed by atoms with van der Waals surface area (Å²) in [6.45, 7) is 4.24. The average Bonchev–Trinajstić information content (AvgIpc) is 2.39. The van der Waals surface area contributed by atoms with Crippen molar-refractivity contribution in [3.05, 3.63) is 35.1 Å². The van der Waals surface area contributed by atoms with Crippen molar-refractivity contribution in [1.29, 1.82) is 0 Å². The fraction of sp³-hybridized carbons (Fsp3) is 0.600. The summed E-state index contributed by atoms with van der Waals surface area (Å²) in [5.41, 5.74) is -0.248. The highest BCUT2D eigenvalue weighted by Gasteiger charge is 2.43. The van der Waals surface area contributed by atoms with Crippen LogP contribution in [-0.2, 0) is 12.7 Å². The van der Waals surface area contributed by atoms with E-state index in [4.69, 9.17) is 0 Å². The quantitative estimate of drug-likeness (QED) is 0.845. The Hall–Kier alpha value is -1.14. The maximum atomic E-state index is 13.8. The Labute approximate surface area is 121 Å². The number of nitrogens with zero attached hydrogens (tertiary/aromatic N) is 1. The molecule has 2 aliphatic heterocycles. The number of likely N-dealkylation sites (tertiary alicyclic amines) is 1. The van der Waals surface area contributed by atoms with Crippen LogP contribution in [0.25, 0.3) is 0 Å². The Morgan fingerprint density at radius 2 is 1.81 bits per heavy atom. The molecular weight excluding hydrogens is 284 g/mol. The number of halogens is 4. The van der Waals surface area contributed by atoms with E-state index >= 15 is 0 Å². The number of piperidine rings is 1. The first kappa shape index (κ1) is 14.8. The van der Waals surface area contributed by atoms with Crippen LogP contribution in [0.15, 0.2) is 18.2 Å². The Morgan fingerprint density at radius 1 is 1.14 bits per heavy atom. The second-order valence-electron chi connectivity index (χ2n) is 6.20. The number of hydrogen-bond donors (Lipinski definition) is 1. The van der Waals surface area contributed by atoms with Gasteiger partial charge in [-0.1, -0.05) is 6.07 Å². The Bertz CT molecular complexity index is 513. The third kappa shape index (κ3) is 3.06. The minimum Gasteiger partial charge on any atom is -0.317 e. The molecule has 2 fully saturated rings. The molecule has 1 spiro atoms. The monoisotopic (exact) mass is 302 g/mol. The molecule has 0 radical (unpaired) electrons. The maximum absolute atomic E-state index is 13.8. The zero-order valence-electron chi connectivity index (χ0n) is 11.6. The van der Waals surface area contributed by atoms with Gasteiger partial charge in [0, 0.05) is 25.2 Å². The molecule has 0 aromatic heterocycles. The smallest absolute Gasteiger partial charge is 0.317 e. The van der Waals surface area contributed by atoms with Crippen molar-refractivity contribution >= 4 is 0 Å². The van der Waals surface area contributed by atoms with E-state index in [9.17, 15) is 17.6 Å². The van der Waals surface area contributed by atoms with E-state index in [1.165, 1.54) is 6.07 Å². The molecule has 0 saturated carbocycles. The number of benzene rings is 1. The van der Waals surface area contributed by atoms with Gasteiger partial charge in [-0.3, -0.25) is 4.90 Å². The van der Waals surface area contributed by atoms with Crippen LogP contribution >= 0.6 is 0 Å². The summed E-state index contributed by atoms with van der Waals surface area (Å²) in [7, 11) is 0. The van der Waals surface area contributed by atoms with Crippen molar-refractivity contribution in [2.75, 3.05) is 26.2 Å². The Balaban J connectivity index is 1.62. The molecule has 0 aliphatic carbocycles. The first-order chi connectivity index (χ1) is 9.88. The minimum atomic E-state index is -4.49. The van der Waals surface area contributed by atoms with Crippen molar-refractivity contribution in [3.63, 3.8) is 0 Å². The summed E-state index contributed by atoms with van der Waals surface area (Å²) in [5, 5.41) is 3.32. The van der Waals surface area contributed by atoms with Crippen LogP contribution in [0.5, 0.6) is 0 Å². The van der Waals surface area contributed by atoms with Crippen LogP contribution in [0.2, 0.25) is 0 Å². The third-order valence-corrected chi connectivity index (χ3v) is 4.56. The number of hydrogen-bond acceptors (Lipinski definition) is 2. The van der Waals surface area contributed by atoms with Gasteiger partial charge in [0.05, 0.1) is 5.56 Å². The topological polar surface area (TPSA) is 15.3 Å². The van der Waals surface area contributed by atoms with Crippen LogP contribution in [0.1, 0.15) is 24.0 Å². The summed E-state index contributed by atoms with van der Waals surface area (Å²) in [6.07, 6.45) is -2.24. The van der Waals surface area contributed by atoms with Gasteiger partial charge in [-0.25, -0.2) is 4.39 Å². The zero-order valence-corrected chi connectivity index (χ0v) is 11.6. The summed E-state index contributed by atoms with van der Waals surface area (Å²) in [6, 6.07) is 2.81. The lowest BCUT2D eigenvalue weighted by molar-refractivity contribution is -0.137. The number of nitrogens with one attached hydrogen (secondary N) is 1. The highest BCUT2D eigenvalue weighted by molar-refractivity contribution is 5.26. The van der Waals surface area contributed by atoms with Gasteiger partial charge in [0.15, 0.2) is 0 Å². The lowest BCUT2D eigenvalue weighted by atomic mass is 9.72. The lowest BCUT2D eigenvalue weighted by Crippen LogP contribution is -2.59. The molecule has 1 aromatic rings. The Morgan fingerprint density at radius 3 is 2.38 bits per heavy atom. The van der Waals surface area contributed by atoms with Gasteiger partial charge in [-0.2, -0.15) is 13.2 Å². The molecule has 0 amide bonds. The molecular formula is C15H18F4N2. The van der Waals surface area contributed by atoms with E-state index in [0.717, 1.165) is 45.1 Å². The Kier molecular flexibility index (Phi) is 3.69. The standard InChI is InChI=1S/C15H18F4N2/c16-13-7-12(15(17,18)19)2-1-11(13)8-21-9-14(10-21)3-5-20-6-4-14/h1-2,7,20H,3-6,8-10H2. The fourth-order valence-electron chi connectivity index (χ4n) is 3.38. The predicted octanol–water partition coefficient (Wildman–Crippen LogP) is 3.03. The molecule has 0 bridgehead atoms. The molecule has 0 atom stereocenters. The summed E-state index contributed by atoms with van der Waals surface area (Å²) in [4.78, 5) is 2.11. The minimum absolute atomic E-state index is 0.340. The first-order valence-electron chi connectivity index (χ1n) is 7.17. The molecule has 21 heavy (non-hydrogen) atoms. The van der Waals surface area contributed by atoms with Crippen molar-refractivity contribution in [3.8, 4) is 0 Å². The number of alkyl halides is 3. The fourth-order valence-corrected chi connectivity index (χ4v) is 3.38. The van der Waals surface area contributed by atoms with Crippen molar-refractivity contribution in [1.82, 2.24) is 10.2 Å². The SMILES string of the molecule is Fc1cc(C(F)(F)F)ccc1CN1CC2(CCNCC2)C1. The van der Waals surface area contributed by atoms with E-state index in [1.54, 1.807) is 0 Å². The highest BCUT2D eigenvalue weighted by Crippen LogP contribution is 2.39. The van der Waals surface area contributed by atoms with Crippen LogP contribution < -0.4 is 5.32 Å². The molecule has 116 valence electrons. The summed E-state index contributed by atoms with van der Waals surface area (Å²) >= 11 is 0. The van der Waals surface area contributed by atoms with Gasteiger partial charge in [-0.15, -0.1) is 0 Å². The highest BCUT2D eigenvalue weighted by atomic mass is 19.4. The van der Waals surface area contributed by atoms with E-state index in [2.05, 4.69) is 10.2 Å². The van der Waals surface area contributed by atoms with Gasteiger partial charge >= 0.3 is 6.18 Å². The molecule has 3 rings (SSSR count). The maximum Gasteiger partial charge on any atom is 0.416 e. The van der Waals surface area contributed by atoms with Crippen LogP contribution in [0.3, 0.4) is 0 Å². The van der Waals surface area contributed by atoms with Gasteiger partial charge in [0.25, 0.3) is 0 Å². The molecule has 2 saturated heterocycles. The third-order valence-electron chi connectivity index (χ3n) is 4.56. The van der Waals surface area contributed by atoms with Crippen molar-refractivity contribution in [2.24, 2.45) is 5.41 Å². The first-order valence-corrected chi connectivity index (χ1v) is 7.17. The van der Waals surface area contributed by atoms with Gasteiger partial charge in [0.2, 0.25) is 0 Å². The second kappa shape index (κ2) is 5.25. The van der Waals surface area contributed by atoms with E-state index in [0.29, 0.717) is 23.6 Å². The van der Waals surface area contributed by atoms with Crippen LogP contribution in [0, 0.1) is 11.2 Å². The zero-order chi connectivity index (χ0) is 15.1. The summed E-state index contributed by atoms with van der Waals surface area (Å²) in [5.74, 6) is -0.768. The normalized spacial score (nSPS) is 22.3. The largest absolute Gasteiger partial charge is 0.416 e. The molecule has 6 heteroatoms. The van der Waals surface area contributed by atoms with E-state index in [-0.39, 0.29) is 0 Å². The van der Waals surface area contributed by atoms with E-state index in [1.807, 2.05) is 0 Å². The molecule has 2 nitrogen and oxygen atoms in total. The van der Waals surface area contributed by atoms with Gasteiger partial charge < -0.3 is 5.32 Å².